The zero-order valence-corrected chi connectivity index (χ0v) is 22.4. The summed E-state index contributed by atoms with van der Waals surface area (Å²) in [6, 6.07) is 52.1. The fourth-order valence-corrected chi connectivity index (χ4v) is 5.34. The first kappa shape index (κ1) is 24.6. The summed E-state index contributed by atoms with van der Waals surface area (Å²) in [5, 5.41) is 0. The van der Waals surface area contributed by atoms with Crippen molar-refractivity contribution in [2.24, 2.45) is 0 Å². The van der Waals surface area contributed by atoms with E-state index >= 15 is 0 Å². The summed E-state index contributed by atoms with van der Waals surface area (Å²) in [6.07, 6.45) is 0. The smallest absolute Gasteiger partial charge is 0.241 e. The lowest BCUT2D eigenvalue weighted by molar-refractivity contribution is 1.31. The maximum absolute atomic E-state index is 5.15. The highest BCUT2D eigenvalue weighted by Gasteiger charge is 2.21. The van der Waals surface area contributed by atoms with Crippen LogP contribution in [0, 0.1) is 13.8 Å². The zero-order chi connectivity index (χ0) is 26.6. The molecule has 0 aliphatic heterocycles. The molecule has 0 amide bonds. The molecule has 1 nitrogen and oxygen atoms in total. The maximum Gasteiger partial charge on any atom is 0.241 e. The Balaban J connectivity index is 1.44. The van der Waals surface area contributed by atoms with Gasteiger partial charge in [-0.05, 0) is 43.2 Å². The van der Waals surface area contributed by atoms with Gasteiger partial charge in [0.15, 0.2) is 0 Å². The Labute approximate surface area is 231 Å². The van der Waals surface area contributed by atoms with Gasteiger partial charge < -0.3 is 0 Å². The molecule has 6 rings (SSSR count). The van der Waals surface area contributed by atoms with Crippen molar-refractivity contribution in [3.05, 3.63) is 157 Å². The van der Waals surface area contributed by atoms with Crippen LogP contribution < -0.4 is 16.4 Å². The third-order valence-corrected chi connectivity index (χ3v) is 7.30. The molecule has 2 heteroatoms. The van der Waals surface area contributed by atoms with E-state index in [2.05, 4.69) is 159 Å². The standard InChI is InChI=1S/C37H30BN/c1-27-11-9-13-30(23-27)32-25-36(39-37(26-32)31-14-10-12-28(2)24-31)29-19-21-35(22-20-29)38(33-15-5-3-6-16-33)34-17-7-4-8-18-34/h3-26H,1-2H3. The van der Waals surface area contributed by atoms with E-state index in [0.717, 1.165) is 22.5 Å². The topological polar surface area (TPSA) is 12.9 Å². The van der Waals surface area contributed by atoms with Crippen LogP contribution in [0.4, 0.5) is 0 Å². The van der Waals surface area contributed by atoms with Gasteiger partial charge >= 0.3 is 0 Å². The molecule has 0 saturated carbocycles. The Morgan fingerprint density at radius 2 is 0.872 bits per heavy atom. The summed E-state index contributed by atoms with van der Waals surface area (Å²) in [5.41, 5.74) is 12.9. The molecular formula is C37H30BN. The zero-order valence-electron chi connectivity index (χ0n) is 22.4. The van der Waals surface area contributed by atoms with E-state index in [9.17, 15) is 0 Å². The average Bonchev–Trinajstić information content (AvgIpc) is 2.99. The Kier molecular flexibility index (Phi) is 6.93. The third-order valence-electron chi connectivity index (χ3n) is 7.30. The molecule has 0 fully saturated rings. The molecule has 1 heterocycles. The Morgan fingerprint density at radius 1 is 0.385 bits per heavy atom. The molecule has 6 aromatic rings. The van der Waals surface area contributed by atoms with Gasteiger partial charge in [0.25, 0.3) is 0 Å². The van der Waals surface area contributed by atoms with Gasteiger partial charge in [-0.1, -0.05) is 155 Å². The van der Waals surface area contributed by atoms with Gasteiger partial charge in [-0.15, -0.1) is 0 Å². The van der Waals surface area contributed by atoms with E-state index in [1.807, 2.05) is 0 Å². The number of hydrogen-bond acceptors (Lipinski definition) is 1. The van der Waals surface area contributed by atoms with Crippen molar-refractivity contribution in [3.8, 4) is 33.6 Å². The number of aromatic nitrogens is 1. The molecule has 0 spiro atoms. The lowest BCUT2D eigenvalue weighted by atomic mass is 9.37. The predicted octanol–water partition coefficient (Wildman–Crippen LogP) is 7.22. The van der Waals surface area contributed by atoms with Crippen molar-refractivity contribution in [3.63, 3.8) is 0 Å². The molecular weight excluding hydrogens is 469 g/mol. The van der Waals surface area contributed by atoms with Crippen LogP contribution in [0.5, 0.6) is 0 Å². The highest BCUT2D eigenvalue weighted by atomic mass is 14.7. The van der Waals surface area contributed by atoms with E-state index in [1.54, 1.807) is 0 Å². The lowest BCUT2D eigenvalue weighted by Crippen LogP contribution is -2.51. The van der Waals surface area contributed by atoms with Crippen LogP contribution in [0.15, 0.2) is 146 Å². The molecule has 0 N–H and O–H groups in total. The van der Waals surface area contributed by atoms with Crippen LogP contribution >= 0.6 is 0 Å². The quantitative estimate of drug-likeness (QED) is 0.221. The van der Waals surface area contributed by atoms with Crippen LogP contribution in [-0.2, 0) is 0 Å². The fraction of sp³-hybridized carbons (Fsp3) is 0.0541. The summed E-state index contributed by atoms with van der Waals surface area (Å²) in [5.74, 6) is 0. The predicted molar refractivity (Wildman–Crippen MR) is 168 cm³/mol. The fourth-order valence-electron chi connectivity index (χ4n) is 5.34. The highest BCUT2D eigenvalue weighted by molar-refractivity contribution is 6.95. The molecule has 1 aromatic heterocycles. The third kappa shape index (κ3) is 5.47. The molecule has 0 saturated heterocycles. The minimum absolute atomic E-state index is 0.177. The van der Waals surface area contributed by atoms with E-state index in [0.29, 0.717) is 0 Å². The van der Waals surface area contributed by atoms with Gasteiger partial charge in [0.05, 0.1) is 11.4 Å². The number of aryl methyl sites for hydroxylation is 2. The second kappa shape index (κ2) is 11.0. The molecule has 0 radical (unpaired) electrons. The van der Waals surface area contributed by atoms with E-state index in [4.69, 9.17) is 4.98 Å². The summed E-state index contributed by atoms with van der Waals surface area (Å²) in [4.78, 5) is 5.15. The van der Waals surface area contributed by atoms with Gasteiger partial charge in [0, 0.05) is 11.1 Å². The van der Waals surface area contributed by atoms with Crippen LogP contribution in [0.2, 0.25) is 0 Å². The van der Waals surface area contributed by atoms with Crippen LogP contribution in [0.3, 0.4) is 0 Å². The van der Waals surface area contributed by atoms with Gasteiger partial charge in [0.2, 0.25) is 6.71 Å². The normalized spacial score (nSPS) is 10.8. The summed E-state index contributed by atoms with van der Waals surface area (Å²) >= 11 is 0. The second-order valence-corrected chi connectivity index (χ2v) is 10.2. The first-order valence-corrected chi connectivity index (χ1v) is 13.5. The summed E-state index contributed by atoms with van der Waals surface area (Å²) < 4.78 is 0. The molecule has 5 aromatic carbocycles. The average molecular weight is 499 g/mol. The van der Waals surface area contributed by atoms with Gasteiger partial charge in [-0.2, -0.15) is 0 Å². The van der Waals surface area contributed by atoms with Gasteiger partial charge in [-0.25, -0.2) is 4.98 Å². The first-order valence-electron chi connectivity index (χ1n) is 13.5. The second-order valence-electron chi connectivity index (χ2n) is 10.2. The van der Waals surface area contributed by atoms with Crippen molar-refractivity contribution < 1.29 is 0 Å². The van der Waals surface area contributed by atoms with E-state index < -0.39 is 0 Å². The van der Waals surface area contributed by atoms with E-state index in [-0.39, 0.29) is 6.71 Å². The molecule has 0 aliphatic carbocycles. The largest absolute Gasteiger partial charge is 0.248 e. The van der Waals surface area contributed by atoms with Crippen molar-refractivity contribution >= 4 is 23.1 Å². The minimum Gasteiger partial charge on any atom is -0.248 e. The summed E-state index contributed by atoms with van der Waals surface area (Å²) in [6.45, 7) is 4.45. The molecule has 0 aliphatic rings. The van der Waals surface area contributed by atoms with Crippen LogP contribution in [0.25, 0.3) is 33.6 Å². The van der Waals surface area contributed by atoms with Crippen molar-refractivity contribution in [2.75, 3.05) is 0 Å². The molecule has 186 valence electrons. The molecule has 39 heavy (non-hydrogen) atoms. The lowest BCUT2D eigenvalue weighted by Gasteiger charge is -2.16. The molecule has 0 atom stereocenters. The molecule has 0 unspecified atom stereocenters. The first-order chi connectivity index (χ1) is 19.1. The number of pyridine rings is 1. The SMILES string of the molecule is Cc1cccc(-c2cc(-c3ccc(B(c4ccccc4)c4ccccc4)cc3)nc(-c3cccc(C)c3)c2)c1. The van der Waals surface area contributed by atoms with Crippen molar-refractivity contribution in [1.82, 2.24) is 4.98 Å². The monoisotopic (exact) mass is 499 g/mol. The minimum atomic E-state index is 0.177. The maximum atomic E-state index is 5.15. The number of nitrogens with zero attached hydrogens (tertiary/aromatic N) is 1. The van der Waals surface area contributed by atoms with Gasteiger partial charge in [0.1, 0.15) is 0 Å². The highest BCUT2D eigenvalue weighted by Crippen LogP contribution is 2.30. The number of rotatable bonds is 6. The Bertz CT molecular complexity index is 1600. The van der Waals surface area contributed by atoms with Crippen LogP contribution in [0.1, 0.15) is 11.1 Å². The summed E-state index contributed by atoms with van der Waals surface area (Å²) in [7, 11) is 0. The molecule has 0 bridgehead atoms. The number of hydrogen-bond donors (Lipinski definition) is 0. The van der Waals surface area contributed by atoms with Crippen molar-refractivity contribution in [1.29, 1.82) is 0 Å². The van der Waals surface area contributed by atoms with Gasteiger partial charge in [-0.3, -0.25) is 0 Å². The van der Waals surface area contributed by atoms with Crippen molar-refractivity contribution in [2.45, 2.75) is 13.8 Å². The van der Waals surface area contributed by atoms with Crippen LogP contribution in [-0.4, -0.2) is 11.7 Å². The van der Waals surface area contributed by atoms with E-state index in [1.165, 1.54) is 38.6 Å². The Morgan fingerprint density at radius 3 is 1.44 bits per heavy atom. The Hall–Kier alpha value is -4.69. The number of benzene rings is 5.